The Hall–Kier alpha value is -0.470. The largest absolute Gasteiger partial charge is 0.298 e. The van der Waals surface area contributed by atoms with Crippen LogP contribution in [-0.4, -0.2) is 29.5 Å². The molecule has 2 fully saturated rings. The Morgan fingerprint density at radius 2 is 1.75 bits per heavy atom. The van der Waals surface area contributed by atoms with Crippen LogP contribution in [0.25, 0.3) is 0 Å². The number of benzene rings is 1. The molecule has 0 aromatic heterocycles. The minimum absolute atomic E-state index is 0.959. The highest BCUT2D eigenvalue weighted by Gasteiger charge is 2.30. The first-order valence-electron chi connectivity index (χ1n) is 6.24. The van der Waals surface area contributed by atoms with Crippen molar-refractivity contribution in [3.8, 4) is 0 Å². The lowest BCUT2D eigenvalue weighted by Gasteiger charge is -2.41. The number of hydrogen-bond acceptors (Lipinski definition) is 2. The second-order valence-corrected chi connectivity index (χ2v) is 6.26. The second-order valence-electron chi connectivity index (χ2n) is 5.18. The summed E-state index contributed by atoms with van der Waals surface area (Å²) in [6, 6.07) is 10.9. The van der Waals surface area contributed by atoms with E-state index in [4.69, 9.17) is 0 Å². The molecule has 0 radical (unpaired) electrons. The fourth-order valence-electron chi connectivity index (χ4n) is 3.04. The van der Waals surface area contributed by atoms with Gasteiger partial charge in [0.1, 0.15) is 0 Å². The first-order chi connectivity index (χ1) is 7.90. The van der Waals surface area contributed by atoms with E-state index in [0.717, 1.165) is 18.4 Å². The van der Waals surface area contributed by atoms with Gasteiger partial charge < -0.3 is 0 Å². The smallest absolute Gasteiger partial charge is 0.0233 e. The fraction of sp³-hybridized carbons (Fsp3) is 0.571. The van der Waals surface area contributed by atoms with Crippen LogP contribution in [0, 0.1) is 11.8 Å². The van der Waals surface area contributed by atoms with Gasteiger partial charge in [-0.05, 0) is 35.3 Å². The molecule has 0 aliphatic carbocycles. The van der Waals surface area contributed by atoms with Gasteiger partial charge in [-0.1, -0.05) is 30.3 Å². The average Bonchev–Trinajstić information content (AvgIpc) is 2.30. The van der Waals surface area contributed by atoms with Crippen LogP contribution in [0.4, 0.5) is 0 Å². The molecule has 1 aromatic carbocycles. The summed E-state index contributed by atoms with van der Waals surface area (Å²) in [5, 5.41) is 0. The van der Waals surface area contributed by atoms with Gasteiger partial charge in [-0.25, -0.2) is 0 Å². The minimum Gasteiger partial charge on any atom is -0.298 e. The maximum absolute atomic E-state index is 2.66. The van der Waals surface area contributed by atoms with Crippen LogP contribution in [0.15, 0.2) is 30.3 Å². The van der Waals surface area contributed by atoms with E-state index in [1.54, 1.807) is 0 Å². The van der Waals surface area contributed by atoms with Gasteiger partial charge in [0, 0.05) is 19.6 Å². The van der Waals surface area contributed by atoms with Crippen molar-refractivity contribution in [3.63, 3.8) is 0 Å². The molecular weight excluding hydrogens is 214 g/mol. The van der Waals surface area contributed by atoms with Gasteiger partial charge in [0.25, 0.3) is 0 Å². The van der Waals surface area contributed by atoms with Gasteiger partial charge in [0.15, 0.2) is 0 Å². The standard InChI is InChI=1S/C14H19NS/c1-2-4-12(5-3-1)7-15-8-13-6-14(9-15)11-16-10-13/h1-5,13-14H,6-11H2/t13-,14+. The van der Waals surface area contributed by atoms with Gasteiger partial charge in [-0.2, -0.15) is 11.8 Å². The molecule has 2 atom stereocenters. The molecule has 0 spiro atoms. The van der Waals surface area contributed by atoms with Gasteiger partial charge in [0.2, 0.25) is 0 Å². The molecule has 2 saturated heterocycles. The predicted octanol–water partition coefficient (Wildman–Crippen LogP) is 2.87. The summed E-state index contributed by atoms with van der Waals surface area (Å²) in [5.41, 5.74) is 1.47. The molecule has 2 heteroatoms. The summed E-state index contributed by atoms with van der Waals surface area (Å²) in [6.07, 6.45) is 1.48. The van der Waals surface area contributed by atoms with Gasteiger partial charge in [0.05, 0.1) is 0 Å². The zero-order chi connectivity index (χ0) is 10.8. The maximum Gasteiger partial charge on any atom is 0.0233 e. The van der Waals surface area contributed by atoms with Crippen molar-refractivity contribution in [2.45, 2.75) is 13.0 Å². The van der Waals surface area contributed by atoms with Crippen LogP contribution >= 0.6 is 11.8 Å². The highest BCUT2D eigenvalue weighted by Crippen LogP contribution is 2.33. The molecule has 2 aliphatic heterocycles. The predicted molar refractivity (Wildman–Crippen MR) is 70.6 cm³/mol. The number of likely N-dealkylation sites (tertiary alicyclic amines) is 1. The van der Waals surface area contributed by atoms with Gasteiger partial charge >= 0.3 is 0 Å². The lowest BCUT2D eigenvalue weighted by atomic mass is 9.91. The molecule has 2 heterocycles. The van der Waals surface area contributed by atoms with Crippen molar-refractivity contribution >= 4 is 11.8 Å². The molecule has 0 amide bonds. The summed E-state index contributed by atoms with van der Waals surface area (Å²) >= 11 is 2.17. The zero-order valence-electron chi connectivity index (χ0n) is 9.64. The Kier molecular flexibility index (Phi) is 3.20. The lowest BCUT2D eigenvalue weighted by Crippen LogP contribution is -2.43. The molecule has 1 nitrogen and oxygen atoms in total. The highest BCUT2D eigenvalue weighted by atomic mass is 32.2. The Morgan fingerprint density at radius 3 is 2.44 bits per heavy atom. The molecule has 1 aromatic rings. The number of fused-ring (bicyclic) bond motifs is 2. The van der Waals surface area contributed by atoms with Crippen LogP contribution in [-0.2, 0) is 6.54 Å². The van der Waals surface area contributed by atoms with Crippen molar-refractivity contribution in [2.75, 3.05) is 24.6 Å². The quantitative estimate of drug-likeness (QED) is 0.773. The van der Waals surface area contributed by atoms with Crippen LogP contribution in [0.2, 0.25) is 0 Å². The first-order valence-corrected chi connectivity index (χ1v) is 7.39. The zero-order valence-corrected chi connectivity index (χ0v) is 10.5. The lowest BCUT2D eigenvalue weighted by molar-refractivity contribution is 0.133. The Bertz CT molecular complexity index is 326. The van der Waals surface area contributed by atoms with Gasteiger partial charge in [-0.3, -0.25) is 4.90 Å². The van der Waals surface area contributed by atoms with E-state index in [2.05, 4.69) is 47.0 Å². The number of thioether (sulfide) groups is 1. The summed E-state index contributed by atoms with van der Waals surface area (Å²) in [4.78, 5) is 2.66. The van der Waals surface area contributed by atoms with Crippen molar-refractivity contribution in [3.05, 3.63) is 35.9 Å². The molecule has 0 saturated carbocycles. The SMILES string of the molecule is c1ccc(CN2C[C@@H]3CSC[C@@H](C3)C2)cc1. The van der Waals surface area contributed by atoms with Crippen molar-refractivity contribution in [1.82, 2.24) is 4.90 Å². The van der Waals surface area contributed by atoms with Crippen LogP contribution in [0.3, 0.4) is 0 Å². The first kappa shape index (κ1) is 10.7. The van der Waals surface area contributed by atoms with Crippen molar-refractivity contribution in [1.29, 1.82) is 0 Å². The monoisotopic (exact) mass is 233 g/mol. The third kappa shape index (κ3) is 2.44. The van der Waals surface area contributed by atoms with Crippen LogP contribution in [0.1, 0.15) is 12.0 Å². The second kappa shape index (κ2) is 4.80. The number of nitrogens with zero attached hydrogens (tertiary/aromatic N) is 1. The van der Waals surface area contributed by atoms with E-state index in [9.17, 15) is 0 Å². The molecule has 0 unspecified atom stereocenters. The molecule has 16 heavy (non-hydrogen) atoms. The van der Waals surface area contributed by atoms with E-state index < -0.39 is 0 Å². The molecule has 2 bridgehead atoms. The normalized spacial score (nSPS) is 30.2. The van der Waals surface area contributed by atoms with Crippen molar-refractivity contribution in [2.24, 2.45) is 11.8 Å². The summed E-state index contributed by atoms with van der Waals surface area (Å²) < 4.78 is 0. The Labute approximate surface area is 102 Å². The summed E-state index contributed by atoms with van der Waals surface area (Å²) in [5.74, 6) is 4.70. The third-order valence-corrected chi connectivity index (χ3v) is 5.07. The van der Waals surface area contributed by atoms with Crippen LogP contribution < -0.4 is 0 Å². The van der Waals surface area contributed by atoms with E-state index in [1.165, 1.54) is 36.6 Å². The maximum atomic E-state index is 2.66. The van der Waals surface area contributed by atoms with Gasteiger partial charge in [-0.15, -0.1) is 0 Å². The molecule has 86 valence electrons. The van der Waals surface area contributed by atoms with E-state index >= 15 is 0 Å². The molecule has 2 aliphatic rings. The molecule has 0 N–H and O–H groups in total. The topological polar surface area (TPSA) is 3.24 Å². The fourth-order valence-corrected chi connectivity index (χ4v) is 4.32. The summed E-state index contributed by atoms with van der Waals surface area (Å²) in [7, 11) is 0. The number of piperidine rings is 1. The Balaban J connectivity index is 1.63. The summed E-state index contributed by atoms with van der Waals surface area (Å²) in [6.45, 7) is 3.79. The van der Waals surface area contributed by atoms with E-state index in [-0.39, 0.29) is 0 Å². The van der Waals surface area contributed by atoms with E-state index in [0.29, 0.717) is 0 Å². The number of hydrogen-bond donors (Lipinski definition) is 0. The Morgan fingerprint density at radius 1 is 1.06 bits per heavy atom. The average molecular weight is 233 g/mol. The molecule has 3 rings (SSSR count). The highest BCUT2D eigenvalue weighted by molar-refractivity contribution is 7.99. The van der Waals surface area contributed by atoms with Crippen molar-refractivity contribution < 1.29 is 0 Å². The molecular formula is C14H19NS. The minimum atomic E-state index is 0.959. The van der Waals surface area contributed by atoms with E-state index in [1.807, 2.05) is 0 Å². The third-order valence-electron chi connectivity index (χ3n) is 3.66. The van der Waals surface area contributed by atoms with Crippen LogP contribution in [0.5, 0.6) is 0 Å². The number of rotatable bonds is 2.